The van der Waals surface area contributed by atoms with E-state index in [9.17, 15) is 18.0 Å². The number of aryl methyl sites for hydroxylation is 2. The van der Waals surface area contributed by atoms with Crippen LogP contribution in [0.15, 0.2) is 30.3 Å². The van der Waals surface area contributed by atoms with Crippen molar-refractivity contribution in [3.63, 3.8) is 0 Å². The predicted octanol–water partition coefficient (Wildman–Crippen LogP) is 4.16. The highest BCUT2D eigenvalue weighted by Crippen LogP contribution is 2.20. The molecule has 0 radical (unpaired) electrons. The zero-order chi connectivity index (χ0) is 17.0. The van der Waals surface area contributed by atoms with Crippen LogP contribution in [0.25, 0.3) is 0 Å². The number of anilines is 2. The monoisotopic (exact) mass is 322 g/mol. The third-order valence-electron chi connectivity index (χ3n) is 3.37. The van der Waals surface area contributed by atoms with Crippen LogP contribution < -0.4 is 10.6 Å². The average Bonchev–Trinajstić information content (AvgIpc) is 2.51. The second kappa shape index (κ2) is 7.17. The van der Waals surface area contributed by atoms with E-state index in [1.807, 2.05) is 32.0 Å². The maximum atomic E-state index is 13.5. The van der Waals surface area contributed by atoms with E-state index >= 15 is 0 Å². The van der Waals surface area contributed by atoms with E-state index < -0.39 is 23.4 Å². The van der Waals surface area contributed by atoms with Crippen LogP contribution >= 0.6 is 0 Å². The van der Waals surface area contributed by atoms with Crippen LogP contribution in [-0.4, -0.2) is 12.5 Å². The SMILES string of the molecule is Cc1ccc(C)c(NCCC(=O)Nc2ccc(F)c(F)c2F)c1. The molecule has 0 bridgehead atoms. The van der Waals surface area contributed by atoms with Crippen molar-refractivity contribution in [3.8, 4) is 0 Å². The van der Waals surface area contributed by atoms with E-state index in [1.165, 1.54) is 0 Å². The highest BCUT2D eigenvalue weighted by Gasteiger charge is 2.15. The first kappa shape index (κ1) is 16.9. The van der Waals surface area contributed by atoms with Gasteiger partial charge in [-0.25, -0.2) is 13.2 Å². The van der Waals surface area contributed by atoms with Gasteiger partial charge in [0.15, 0.2) is 17.5 Å². The van der Waals surface area contributed by atoms with Crippen molar-refractivity contribution < 1.29 is 18.0 Å². The number of hydrogen-bond donors (Lipinski definition) is 2. The molecular formula is C17H17F3N2O. The van der Waals surface area contributed by atoms with Gasteiger partial charge in [-0.05, 0) is 43.2 Å². The van der Waals surface area contributed by atoms with Crippen LogP contribution in [0, 0.1) is 31.3 Å². The minimum absolute atomic E-state index is 0.0613. The second-order valence-corrected chi connectivity index (χ2v) is 5.27. The number of benzene rings is 2. The quantitative estimate of drug-likeness (QED) is 0.812. The summed E-state index contributed by atoms with van der Waals surface area (Å²) in [5, 5.41) is 5.35. The van der Waals surface area contributed by atoms with E-state index in [1.54, 1.807) is 0 Å². The molecule has 0 aromatic heterocycles. The summed E-state index contributed by atoms with van der Waals surface area (Å²) in [6.45, 7) is 4.24. The number of nitrogens with one attached hydrogen (secondary N) is 2. The Balaban J connectivity index is 1.91. The van der Waals surface area contributed by atoms with Crippen LogP contribution in [0.2, 0.25) is 0 Å². The minimum Gasteiger partial charge on any atom is -0.384 e. The van der Waals surface area contributed by atoms with Gasteiger partial charge in [0.05, 0.1) is 5.69 Å². The molecule has 3 nitrogen and oxygen atoms in total. The summed E-state index contributed by atoms with van der Waals surface area (Å²) < 4.78 is 39.4. The van der Waals surface area contributed by atoms with Crippen LogP contribution in [0.1, 0.15) is 17.5 Å². The molecule has 2 rings (SSSR count). The lowest BCUT2D eigenvalue weighted by Gasteiger charge is -2.11. The fourth-order valence-electron chi connectivity index (χ4n) is 2.07. The molecule has 0 aliphatic carbocycles. The average molecular weight is 322 g/mol. The summed E-state index contributed by atoms with van der Waals surface area (Å²) in [6.07, 6.45) is 0.0613. The van der Waals surface area contributed by atoms with Crippen LogP contribution in [0.4, 0.5) is 24.5 Å². The molecule has 23 heavy (non-hydrogen) atoms. The standard InChI is InChI=1S/C17H17F3N2O/c1-10-3-4-11(2)14(9-10)21-8-7-15(23)22-13-6-5-12(18)16(19)17(13)20/h3-6,9,21H,7-8H2,1-2H3,(H,22,23). The first-order valence-electron chi connectivity index (χ1n) is 7.13. The van der Waals surface area contributed by atoms with Gasteiger partial charge in [0.2, 0.25) is 5.91 Å². The maximum absolute atomic E-state index is 13.5. The number of carbonyl (C=O) groups is 1. The third kappa shape index (κ3) is 4.25. The molecule has 0 spiro atoms. The zero-order valence-electron chi connectivity index (χ0n) is 12.8. The Morgan fingerprint density at radius 3 is 2.48 bits per heavy atom. The van der Waals surface area contributed by atoms with Crippen molar-refractivity contribution in [2.45, 2.75) is 20.3 Å². The highest BCUT2D eigenvalue weighted by molar-refractivity contribution is 5.91. The van der Waals surface area contributed by atoms with Gasteiger partial charge in [0.1, 0.15) is 0 Å². The van der Waals surface area contributed by atoms with Gasteiger partial charge < -0.3 is 10.6 Å². The van der Waals surface area contributed by atoms with Crippen molar-refractivity contribution in [2.75, 3.05) is 17.2 Å². The molecule has 6 heteroatoms. The van der Waals surface area contributed by atoms with Crippen molar-refractivity contribution in [3.05, 3.63) is 58.9 Å². The summed E-state index contributed by atoms with van der Waals surface area (Å²) in [7, 11) is 0. The third-order valence-corrected chi connectivity index (χ3v) is 3.37. The molecule has 0 aliphatic rings. The number of amides is 1. The number of hydrogen-bond acceptors (Lipinski definition) is 2. The fourth-order valence-corrected chi connectivity index (χ4v) is 2.07. The molecule has 0 fully saturated rings. The Bertz CT molecular complexity index is 732. The Labute approximate surface area is 132 Å². The minimum atomic E-state index is -1.60. The van der Waals surface area contributed by atoms with Crippen LogP contribution in [-0.2, 0) is 4.79 Å². The molecule has 0 unspecified atom stereocenters. The lowest BCUT2D eigenvalue weighted by atomic mass is 10.1. The lowest BCUT2D eigenvalue weighted by molar-refractivity contribution is -0.116. The fraction of sp³-hybridized carbons (Fsp3) is 0.235. The summed E-state index contributed by atoms with van der Waals surface area (Å²) >= 11 is 0. The summed E-state index contributed by atoms with van der Waals surface area (Å²) in [5.41, 5.74) is 2.67. The Hall–Kier alpha value is -2.50. The molecule has 122 valence electrons. The van der Waals surface area contributed by atoms with Crippen molar-refractivity contribution in [2.24, 2.45) is 0 Å². The molecule has 2 aromatic rings. The molecule has 0 aliphatic heterocycles. The first-order valence-corrected chi connectivity index (χ1v) is 7.13. The summed E-state index contributed by atoms with van der Waals surface area (Å²) in [5.74, 6) is -4.79. The van der Waals surface area contributed by atoms with E-state index in [0.717, 1.165) is 28.9 Å². The first-order chi connectivity index (χ1) is 10.9. The maximum Gasteiger partial charge on any atom is 0.226 e. The smallest absolute Gasteiger partial charge is 0.226 e. The second-order valence-electron chi connectivity index (χ2n) is 5.27. The van der Waals surface area contributed by atoms with Crippen LogP contribution in [0.3, 0.4) is 0 Å². The van der Waals surface area contributed by atoms with Crippen LogP contribution in [0.5, 0.6) is 0 Å². The predicted molar refractivity (Wildman–Crippen MR) is 84.0 cm³/mol. The lowest BCUT2D eigenvalue weighted by Crippen LogP contribution is -2.17. The van der Waals surface area contributed by atoms with Gasteiger partial charge in [-0.3, -0.25) is 4.79 Å². The van der Waals surface area contributed by atoms with Crippen molar-refractivity contribution in [1.29, 1.82) is 0 Å². The van der Waals surface area contributed by atoms with E-state index in [4.69, 9.17) is 0 Å². The normalized spacial score (nSPS) is 10.5. The van der Waals surface area contributed by atoms with E-state index in [0.29, 0.717) is 6.54 Å². The van der Waals surface area contributed by atoms with Crippen molar-refractivity contribution >= 4 is 17.3 Å². The Morgan fingerprint density at radius 1 is 1.00 bits per heavy atom. The van der Waals surface area contributed by atoms with Gasteiger partial charge in [0.25, 0.3) is 0 Å². The summed E-state index contributed by atoms with van der Waals surface area (Å²) in [6, 6.07) is 7.67. The van der Waals surface area contributed by atoms with Crippen molar-refractivity contribution in [1.82, 2.24) is 0 Å². The van der Waals surface area contributed by atoms with Gasteiger partial charge >= 0.3 is 0 Å². The number of carbonyl (C=O) groups excluding carboxylic acids is 1. The van der Waals surface area contributed by atoms with E-state index in [2.05, 4.69) is 10.6 Å². The molecule has 0 atom stereocenters. The largest absolute Gasteiger partial charge is 0.384 e. The topological polar surface area (TPSA) is 41.1 Å². The Kier molecular flexibility index (Phi) is 5.26. The Morgan fingerprint density at radius 2 is 1.74 bits per heavy atom. The number of rotatable bonds is 5. The highest BCUT2D eigenvalue weighted by atomic mass is 19.2. The zero-order valence-corrected chi connectivity index (χ0v) is 12.8. The molecule has 2 aromatic carbocycles. The van der Waals surface area contributed by atoms with Gasteiger partial charge in [-0.15, -0.1) is 0 Å². The van der Waals surface area contributed by atoms with Gasteiger partial charge in [-0.2, -0.15) is 0 Å². The number of halogens is 3. The molecule has 1 amide bonds. The van der Waals surface area contributed by atoms with Gasteiger partial charge in [-0.1, -0.05) is 12.1 Å². The molecule has 0 heterocycles. The molecule has 0 saturated heterocycles. The molecule has 0 saturated carbocycles. The summed E-state index contributed by atoms with van der Waals surface area (Å²) in [4.78, 5) is 11.8. The van der Waals surface area contributed by atoms with Gasteiger partial charge in [0, 0.05) is 18.7 Å². The van der Waals surface area contributed by atoms with E-state index in [-0.39, 0.29) is 12.1 Å². The molecule has 2 N–H and O–H groups in total. The molecular weight excluding hydrogens is 305 g/mol.